The van der Waals surface area contributed by atoms with Gasteiger partial charge in [-0.15, -0.1) is 0 Å². The zero-order valence-electron chi connectivity index (χ0n) is 14.2. The van der Waals surface area contributed by atoms with E-state index in [1.807, 2.05) is 57.1 Å². The summed E-state index contributed by atoms with van der Waals surface area (Å²) in [5, 5.41) is 2.91. The number of anilines is 2. The van der Waals surface area contributed by atoms with E-state index in [-0.39, 0.29) is 12.3 Å². The van der Waals surface area contributed by atoms with Crippen LogP contribution in [0.5, 0.6) is 5.75 Å². The predicted octanol–water partition coefficient (Wildman–Crippen LogP) is 2.35. The van der Waals surface area contributed by atoms with Crippen LogP contribution in [0.2, 0.25) is 0 Å². The van der Waals surface area contributed by atoms with Crippen molar-refractivity contribution in [2.45, 2.75) is 20.3 Å². The summed E-state index contributed by atoms with van der Waals surface area (Å²) in [5.74, 6) is 1.31. The molecule has 0 aliphatic carbocycles. The standard InChI is InChI=1S/C17H22N4O2/c1-11-16(12(2)19-17(18-11)21(3)4)20-15(22)10-13-6-8-14(23-5)9-7-13/h6-9H,10H2,1-5H3,(H,20,22). The van der Waals surface area contributed by atoms with Crippen molar-refractivity contribution in [3.8, 4) is 5.75 Å². The van der Waals surface area contributed by atoms with Gasteiger partial charge >= 0.3 is 0 Å². The third-order valence-corrected chi connectivity index (χ3v) is 3.45. The molecule has 0 fully saturated rings. The van der Waals surface area contributed by atoms with Crippen LogP contribution in [0.1, 0.15) is 17.0 Å². The van der Waals surface area contributed by atoms with Crippen molar-refractivity contribution < 1.29 is 9.53 Å². The van der Waals surface area contributed by atoms with Crippen molar-refractivity contribution in [3.05, 3.63) is 41.2 Å². The number of aromatic nitrogens is 2. The maximum Gasteiger partial charge on any atom is 0.228 e. The molecule has 1 heterocycles. The number of rotatable bonds is 5. The Morgan fingerprint density at radius 1 is 1.13 bits per heavy atom. The summed E-state index contributed by atoms with van der Waals surface area (Å²) < 4.78 is 5.11. The Morgan fingerprint density at radius 3 is 2.17 bits per heavy atom. The molecule has 1 aromatic carbocycles. The average Bonchev–Trinajstić information content (AvgIpc) is 2.51. The minimum Gasteiger partial charge on any atom is -0.497 e. The molecule has 1 N–H and O–H groups in total. The number of aryl methyl sites for hydroxylation is 2. The highest BCUT2D eigenvalue weighted by molar-refractivity contribution is 5.93. The van der Waals surface area contributed by atoms with Crippen molar-refractivity contribution in [1.82, 2.24) is 9.97 Å². The van der Waals surface area contributed by atoms with Gasteiger partial charge in [0.05, 0.1) is 30.6 Å². The van der Waals surface area contributed by atoms with Crippen LogP contribution < -0.4 is 15.0 Å². The summed E-state index contributed by atoms with van der Waals surface area (Å²) >= 11 is 0. The predicted molar refractivity (Wildman–Crippen MR) is 91.2 cm³/mol. The molecule has 0 saturated carbocycles. The smallest absolute Gasteiger partial charge is 0.228 e. The molecule has 0 saturated heterocycles. The second-order valence-corrected chi connectivity index (χ2v) is 5.54. The fourth-order valence-corrected chi connectivity index (χ4v) is 2.19. The molecule has 0 aliphatic rings. The number of amides is 1. The highest BCUT2D eigenvalue weighted by atomic mass is 16.5. The van der Waals surface area contributed by atoms with E-state index < -0.39 is 0 Å². The molecule has 0 atom stereocenters. The first-order valence-corrected chi connectivity index (χ1v) is 7.36. The number of methoxy groups -OCH3 is 1. The van der Waals surface area contributed by atoms with Gasteiger partial charge in [-0.3, -0.25) is 4.79 Å². The molecule has 0 radical (unpaired) electrons. The molecule has 1 amide bonds. The van der Waals surface area contributed by atoms with E-state index in [0.717, 1.165) is 22.7 Å². The summed E-state index contributed by atoms with van der Waals surface area (Å²) in [5.41, 5.74) is 3.10. The first-order chi connectivity index (χ1) is 10.9. The van der Waals surface area contributed by atoms with Crippen LogP contribution in [0.15, 0.2) is 24.3 Å². The fourth-order valence-electron chi connectivity index (χ4n) is 2.19. The summed E-state index contributed by atoms with van der Waals surface area (Å²) in [6.45, 7) is 3.73. The van der Waals surface area contributed by atoms with E-state index in [4.69, 9.17) is 4.74 Å². The van der Waals surface area contributed by atoms with E-state index in [0.29, 0.717) is 11.6 Å². The third-order valence-electron chi connectivity index (χ3n) is 3.45. The lowest BCUT2D eigenvalue weighted by atomic mass is 10.1. The highest BCUT2D eigenvalue weighted by Gasteiger charge is 2.13. The molecule has 0 aliphatic heterocycles. The molecule has 1 aromatic heterocycles. The zero-order chi connectivity index (χ0) is 17.0. The van der Waals surface area contributed by atoms with Crippen LogP contribution in [0.3, 0.4) is 0 Å². The number of hydrogen-bond donors (Lipinski definition) is 1. The first-order valence-electron chi connectivity index (χ1n) is 7.36. The molecule has 2 aromatic rings. The molecule has 2 rings (SSSR count). The molecule has 122 valence electrons. The number of ether oxygens (including phenoxy) is 1. The Labute approximate surface area is 136 Å². The number of carbonyl (C=O) groups excluding carboxylic acids is 1. The summed E-state index contributed by atoms with van der Waals surface area (Å²) in [6.07, 6.45) is 0.290. The Kier molecular flexibility index (Phi) is 5.16. The lowest BCUT2D eigenvalue weighted by Gasteiger charge is -2.15. The van der Waals surface area contributed by atoms with Gasteiger partial charge in [-0.2, -0.15) is 0 Å². The van der Waals surface area contributed by atoms with Gasteiger partial charge in [0.2, 0.25) is 11.9 Å². The number of hydrogen-bond acceptors (Lipinski definition) is 5. The van der Waals surface area contributed by atoms with Crippen molar-refractivity contribution >= 4 is 17.5 Å². The number of nitrogens with zero attached hydrogens (tertiary/aromatic N) is 3. The monoisotopic (exact) mass is 314 g/mol. The summed E-state index contributed by atoms with van der Waals surface area (Å²) in [4.78, 5) is 22.9. The molecule has 0 unspecified atom stereocenters. The van der Waals surface area contributed by atoms with Crippen molar-refractivity contribution in [3.63, 3.8) is 0 Å². The van der Waals surface area contributed by atoms with Gasteiger partial charge in [-0.05, 0) is 31.5 Å². The maximum absolute atomic E-state index is 12.3. The third kappa shape index (κ3) is 4.18. The van der Waals surface area contributed by atoms with Gasteiger partial charge in [-0.1, -0.05) is 12.1 Å². The van der Waals surface area contributed by atoms with Crippen LogP contribution in [0.25, 0.3) is 0 Å². The highest BCUT2D eigenvalue weighted by Crippen LogP contribution is 2.20. The number of nitrogens with one attached hydrogen (secondary N) is 1. The summed E-state index contributed by atoms with van der Waals surface area (Å²) in [6, 6.07) is 7.44. The van der Waals surface area contributed by atoms with E-state index in [1.165, 1.54) is 0 Å². The van der Waals surface area contributed by atoms with Crippen LogP contribution in [-0.2, 0) is 11.2 Å². The zero-order valence-corrected chi connectivity index (χ0v) is 14.2. The molecular weight excluding hydrogens is 292 g/mol. The minimum absolute atomic E-state index is 0.0948. The number of benzene rings is 1. The van der Waals surface area contributed by atoms with E-state index in [1.54, 1.807) is 7.11 Å². The van der Waals surface area contributed by atoms with Crippen LogP contribution in [0.4, 0.5) is 11.6 Å². The fraction of sp³-hybridized carbons (Fsp3) is 0.353. The van der Waals surface area contributed by atoms with E-state index in [2.05, 4.69) is 15.3 Å². The largest absolute Gasteiger partial charge is 0.497 e. The topological polar surface area (TPSA) is 67.3 Å². The second kappa shape index (κ2) is 7.09. The molecular formula is C17H22N4O2. The van der Waals surface area contributed by atoms with Gasteiger partial charge in [0.15, 0.2) is 0 Å². The van der Waals surface area contributed by atoms with Crippen molar-refractivity contribution in [1.29, 1.82) is 0 Å². The van der Waals surface area contributed by atoms with E-state index >= 15 is 0 Å². The summed E-state index contributed by atoms with van der Waals surface area (Å²) in [7, 11) is 5.39. The molecule has 6 nitrogen and oxygen atoms in total. The van der Waals surface area contributed by atoms with Gasteiger partial charge in [0.25, 0.3) is 0 Å². The number of carbonyl (C=O) groups is 1. The maximum atomic E-state index is 12.3. The minimum atomic E-state index is -0.0948. The first kappa shape index (κ1) is 16.7. The quantitative estimate of drug-likeness (QED) is 0.917. The average molecular weight is 314 g/mol. The Morgan fingerprint density at radius 2 is 1.70 bits per heavy atom. The van der Waals surface area contributed by atoms with Gasteiger partial charge in [-0.25, -0.2) is 9.97 Å². The SMILES string of the molecule is COc1ccc(CC(=O)Nc2c(C)nc(N(C)C)nc2C)cc1. The van der Waals surface area contributed by atoms with Crippen molar-refractivity contribution in [2.24, 2.45) is 0 Å². The Hall–Kier alpha value is -2.63. The molecule has 0 spiro atoms. The van der Waals surface area contributed by atoms with Crippen LogP contribution in [-0.4, -0.2) is 37.1 Å². The molecule has 6 heteroatoms. The lowest BCUT2D eigenvalue weighted by Crippen LogP contribution is -2.19. The molecule has 0 bridgehead atoms. The van der Waals surface area contributed by atoms with Gasteiger partial charge in [0, 0.05) is 14.1 Å². The Balaban J connectivity index is 2.10. The lowest BCUT2D eigenvalue weighted by molar-refractivity contribution is -0.115. The molecule has 23 heavy (non-hydrogen) atoms. The van der Waals surface area contributed by atoms with Gasteiger partial charge < -0.3 is 15.0 Å². The second-order valence-electron chi connectivity index (χ2n) is 5.54. The van der Waals surface area contributed by atoms with E-state index in [9.17, 15) is 4.79 Å². The van der Waals surface area contributed by atoms with Crippen molar-refractivity contribution in [2.75, 3.05) is 31.4 Å². The van der Waals surface area contributed by atoms with Crippen LogP contribution in [0, 0.1) is 13.8 Å². The Bertz CT molecular complexity index is 673. The normalized spacial score (nSPS) is 10.3. The van der Waals surface area contributed by atoms with Crippen LogP contribution >= 0.6 is 0 Å². The van der Waals surface area contributed by atoms with Gasteiger partial charge in [0.1, 0.15) is 5.75 Å².